The van der Waals surface area contributed by atoms with E-state index in [9.17, 15) is 0 Å². The van der Waals surface area contributed by atoms with Crippen molar-refractivity contribution in [1.82, 2.24) is 5.32 Å². The van der Waals surface area contributed by atoms with Gasteiger partial charge in [-0.25, -0.2) is 0 Å². The van der Waals surface area contributed by atoms with Crippen molar-refractivity contribution in [3.63, 3.8) is 0 Å². The molecule has 1 saturated heterocycles. The molecule has 2 rings (SSSR count). The largest absolute Gasteiger partial charge is 0.311 e. The molecular formula is C12H23N. The summed E-state index contributed by atoms with van der Waals surface area (Å²) in [5.41, 5.74) is 0.493. The smallest absolute Gasteiger partial charge is 0.0181 e. The summed E-state index contributed by atoms with van der Waals surface area (Å²) < 4.78 is 0. The van der Waals surface area contributed by atoms with Gasteiger partial charge in [0, 0.05) is 5.54 Å². The van der Waals surface area contributed by atoms with Crippen molar-refractivity contribution in [2.75, 3.05) is 6.54 Å². The van der Waals surface area contributed by atoms with Gasteiger partial charge in [0.25, 0.3) is 0 Å². The van der Waals surface area contributed by atoms with E-state index in [-0.39, 0.29) is 0 Å². The molecule has 0 bridgehead atoms. The van der Waals surface area contributed by atoms with E-state index in [2.05, 4.69) is 12.2 Å². The second-order valence-corrected chi connectivity index (χ2v) is 5.14. The third-order valence-corrected chi connectivity index (χ3v) is 4.16. The fraction of sp³-hybridized carbons (Fsp3) is 1.00. The quantitative estimate of drug-likeness (QED) is 0.655. The zero-order chi connectivity index (χ0) is 9.15. The molecule has 1 saturated carbocycles. The summed E-state index contributed by atoms with van der Waals surface area (Å²) in [7, 11) is 0. The maximum atomic E-state index is 3.80. The van der Waals surface area contributed by atoms with Crippen LogP contribution in [0.4, 0.5) is 0 Å². The van der Waals surface area contributed by atoms with Gasteiger partial charge in [-0.05, 0) is 45.1 Å². The summed E-state index contributed by atoms with van der Waals surface area (Å²) in [5, 5.41) is 3.80. The molecular weight excluding hydrogens is 158 g/mol. The molecule has 76 valence electrons. The first-order valence-electron chi connectivity index (χ1n) is 6.06. The highest BCUT2D eigenvalue weighted by atomic mass is 15.0. The maximum Gasteiger partial charge on any atom is 0.0181 e. The number of rotatable bonds is 1. The molecule has 2 fully saturated rings. The Morgan fingerprint density at radius 2 is 1.77 bits per heavy atom. The Hall–Kier alpha value is -0.0400. The molecule has 0 aromatic heterocycles. The Balaban J connectivity index is 1.98. The molecule has 0 radical (unpaired) electrons. The van der Waals surface area contributed by atoms with Gasteiger partial charge in [0.1, 0.15) is 0 Å². The van der Waals surface area contributed by atoms with Crippen LogP contribution in [-0.4, -0.2) is 12.1 Å². The highest BCUT2D eigenvalue weighted by molar-refractivity contribution is 4.93. The first kappa shape index (κ1) is 9.51. The topological polar surface area (TPSA) is 12.0 Å². The van der Waals surface area contributed by atoms with Crippen molar-refractivity contribution < 1.29 is 0 Å². The van der Waals surface area contributed by atoms with E-state index >= 15 is 0 Å². The van der Waals surface area contributed by atoms with Crippen LogP contribution in [0.25, 0.3) is 0 Å². The monoisotopic (exact) mass is 181 g/mol. The molecule has 0 aromatic rings. The molecule has 1 heteroatoms. The van der Waals surface area contributed by atoms with E-state index in [4.69, 9.17) is 0 Å². The van der Waals surface area contributed by atoms with Crippen molar-refractivity contribution in [3.8, 4) is 0 Å². The van der Waals surface area contributed by atoms with Crippen LogP contribution in [0.3, 0.4) is 0 Å². The lowest BCUT2D eigenvalue weighted by Crippen LogP contribution is -2.47. The van der Waals surface area contributed by atoms with Gasteiger partial charge in [0.05, 0.1) is 0 Å². The minimum Gasteiger partial charge on any atom is -0.311 e. The third-order valence-electron chi connectivity index (χ3n) is 4.16. The standard InChI is InChI=1S/C12H23N/c1-12(11-7-3-4-8-11)9-5-2-6-10-13-12/h11,13H,2-10H2,1H3. The Morgan fingerprint density at radius 1 is 1.00 bits per heavy atom. The molecule has 0 aromatic carbocycles. The van der Waals surface area contributed by atoms with Crippen molar-refractivity contribution in [1.29, 1.82) is 0 Å². The summed E-state index contributed by atoms with van der Waals surface area (Å²) in [6.07, 6.45) is 11.6. The van der Waals surface area contributed by atoms with Crippen molar-refractivity contribution in [2.24, 2.45) is 5.92 Å². The van der Waals surface area contributed by atoms with E-state index in [1.165, 1.54) is 57.9 Å². The van der Waals surface area contributed by atoms with Crippen LogP contribution in [0.1, 0.15) is 58.3 Å². The predicted octanol–water partition coefficient (Wildman–Crippen LogP) is 3.10. The maximum absolute atomic E-state index is 3.80. The first-order chi connectivity index (χ1) is 6.31. The Bertz CT molecular complexity index is 151. The summed E-state index contributed by atoms with van der Waals surface area (Å²) in [6.45, 7) is 3.72. The van der Waals surface area contributed by atoms with E-state index in [1.54, 1.807) is 0 Å². The Morgan fingerprint density at radius 3 is 2.54 bits per heavy atom. The van der Waals surface area contributed by atoms with Gasteiger partial charge >= 0.3 is 0 Å². The Labute approximate surface area is 82.3 Å². The summed E-state index contributed by atoms with van der Waals surface area (Å²) >= 11 is 0. The minimum atomic E-state index is 0.493. The lowest BCUT2D eigenvalue weighted by molar-refractivity contribution is 0.226. The van der Waals surface area contributed by atoms with Crippen molar-refractivity contribution in [3.05, 3.63) is 0 Å². The lowest BCUT2D eigenvalue weighted by Gasteiger charge is -2.35. The summed E-state index contributed by atoms with van der Waals surface area (Å²) in [6, 6.07) is 0. The number of hydrogen-bond donors (Lipinski definition) is 1. The second-order valence-electron chi connectivity index (χ2n) is 5.14. The van der Waals surface area contributed by atoms with Crippen LogP contribution in [0.2, 0.25) is 0 Å². The molecule has 1 N–H and O–H groups in total. The fourth-order valence-electron chi connectivity index (χ4n) is 3.17. The molecule has 2 aliphatic rings. The van der Waals surface area contributed by atoms with Crippen LogP contribution < -0.4 is 5.32 Å². The van der Waals surface area contributed by atoms with Gasteiger partial charge in [0.15, 0.2) is 0 Å². The molecule has 1 heterocycles. The van der Waals surface area contributed by atoms with Gasteiger partial charge in [0.2, 0.25) is 0 Å². The van der Waals surface area contributed by atoms with E-state index < -0.39 is 0 Å². The molecule has 1 nitrogen and oxygen atoms in total. The summed E-state index contributed by atoms with van der Waals surface area (Å²) in [5.74, 6) is 0.977. The van der Waals surface area contributed by atoms with Crippen molar-refractivity contribution in [2.45, 2.75) is 63.8 Å². The number of hydrogen-bond acceptors (Lipinski definition) is 1. The minimum absolute atomic E-state index is 0.493. The average molecular weight is 181 g/mol. The van der Waals surface area contributed by atoms with E-state index in [0.717, 1.165) is 5.92 Å². The van der Waals surface area contributed by atoms with Gasteiger partial charge in [-0.1, -0.05) is 25.7 Å². The van der Waals surface area contributed by atoms with Crippen LogP contribution >= 0.6 is 0 Å². The Kier molecular flexibility index (Phi) is 2.92. The normalized spacial score (nSPS) is 37.6. The lowest BCUT2D eigenvalue weighted by atomic mass is 9.81. The van der Waals surface area contributed by atoms with E-state index in [0.29, 0.717) is 5.54 Å². The van der Waals surface area contributed by atoms with Gasteiger partial charge in [-0.15, -0.1) is 0 Å². The molecule has 0 spiro atoms. The van der Waals surface area contributed by atoms with Crippen LogP contribution in [0.15, 0.2) is 0 Å². The predicted molar refractivity (Wildman–Crippen MR) is 56.8 cm³/mol. The molecule has 1 atom stereocenters. The molecule has 0 amide bonds. The first-order valence-corrected chi connectivity index (χ1v) is 6.06. The van der Waals surface area contributed by atoms with Crippen LogP contribution in [0, 0.1) is 5.92 Å². The van der Waals surface area contributed by atoms with E-state index in [1.807, 2.05) is 0 Å². The average Bonchev–Trinajstić information content (AvgIpc) is 2.57. The van der Waals surface area contributed by atoms with Crippen molar-refractivity contribution >= 4 is 0 Å². The fourth-order valence-corrected chi connectivity index (χ4v) is 3.17. The van der Waals surface area contributed by atoms with Crippen LogP contribution in [0.5, 0.6) is 0 Å². The highest BCUT2D eigenvalue weighted by Gasteiger charge is 2.35. The second kappa shape index (κ2) is 4.00. The SMILES string of the molecule is CC1(C2CCCC2)CCCCCN1. The van der Waals surface area contributed by atoms with Gasteiger partial charge in [-0.2, -0.15) is 0 Å². The zero-order valence-electron chi connectivity index (χ0n) is 8.94. The third kappa shape index (κ3) is 2.07. The highest BCUT2D eigenvalue weighted by Crippen LogP contribution is 2.37. The van der Waals surface area contributed by atoms with Gasteiger partial charge < -0.3 is 5.32 Å². The number of nitrogens with one attached hydrogen (secondary N) is 1. The van der Waals surface area contributed by atoms with Crippen LogP contribution in [-0.2, 0) is 0 Å². The summed E-state index contributed by atoms with van der Waals surface area (Å²) in [4.78, 5) is 0. The molecule has 1 unspecified atom stereocenters. The molecule has 1 aliphatic heterocycles. The molecule has 13 heavy (non-hydrogen) atoms. The zero-order valence-corrected chi connectivity index (χ0v) is 8.94. The molecule has 1 aliphatic carbocycles. The van der Waals surface area contributed by atoms with Gasteiger partial charge in [-0.3, -0.25) is 0 Å².